The van der Waals surface area contributed by atoms with Crippen LogP contribution >= 0.6 is 0 Å². The van der Waals surface area contributed by atoms with Crippen LogP contribution in [0.15, 0.2) is 64.1 Å². The Kier molecular flexibility index (Phi) is 5.44. The number of rotatable bonds is 7. The number of hydrogen-bond donors (Lipinski definition) is 1. The smallest absolute Gasteiger partial charge is 0.258 e. The predicted octanol–water partition coefficient (Wildman–Crippen LogP) is 2.37. The second kappa shape index (κ2) is 8.20. The molecule has 11 heteroatoms. The van der Waals surface area contributed by atoms with Crippen molar-refractivity contribution in [3.05, 3.63) is 60.4 Å². The highest BCUT2D eigenvalue weighted by Crippen LogP contribution is 2.27. The molecule has 0 radical (unpaired) electrons. The molecule has 0 aliphatic heterocycles. The molecule has 4 aromatic rings. The normalized spacial score (nSPS) is 11.5. The first-order chi connectivity index (χ1) is 14.8. The van der Waals surface area contributed by atoms with Crippen molar-refractivity contribution in [3.8, 4) is 34.3 Å². The molecule has 2 aromatic carbocycles. The standard InChI is InChI=1S/C20H19N5O5S/c1-25-18(12-29-15-7-4-6-14(10-15)28-2)17(11-22-25)19-23-20(30-24-19)13-5-3-8-16(9-13)31(21,26)27/h3-11H,12H2,1-2H3,(H2,21,26,27). The Bertz CT molecular complexity index is 1330. The van der Waals surface area contributed by atoms with E-state index in [1.54, 1.807) is 43.2 Å². The monoisotopic (exact) mass is 441 g/mol. The van der Waals surface area contributed by atoms with E-state index in [0.29, 0.717) is 28.5 Å². The molecule has 4 rings (SSSR count). The summed E-state index contributed by atoms with van der Waals surface area (Å²) in [6.45, 7) is 0.212. The number of aromatic nitrogens is 4. The number of aryl methyl sites for hydroxylation is 1. The van der Waals surface area contributed by atoms with Gasteiger partial charge >= 0.3 is 0 Å². The van der Waals surface area contributed by atoms with Crippen molar-refractivity contribution in [2.45, 2.75) is 11.5 Å². The Morgan fingerprint density at radius 1 is 1.13 bits per heavy atom. The van der Waals surface area contributed by atoms with E-state index >= 15 is 0 Å². The number of nitrogens with zero attached hydrogens (tertiary/aromatic N) is 4. The Balaban J connectivity index is 1.60. The molecule has 0 amide bonds. The second-order valence-electron chi connectivity index (χ2n) is 6.59. The van der Waals surface area contributed by atoms with Gasteiger partial charge in [0.1, 0.15) is 18.1 Å². The largest absolute Gasteiger partial charge is 0.497 e. The van der Waals surface area contributed by atoms with Gasteiger partial charge in [-0.3, -0.25) is 4.68 Å². The van der Waals surface area contributed by atoms with Gasteiger partial charge in [-0.25, -0.2) is 13.6 Å². The number of hydrogen-bond acceptors (Lipinski definition) is 8. The van der Waals surface area contributed by atoms with Crippen LogP contribution < -0.4 is 14.6 Å². The average Bonchev–Trinajstić information content (AvgIpc) is 3.39. The summed E-state index contributed by atoms with van der Waals surface area (Å²) in [7, 11) is -0.479. The molecule has 0 saturated carbocycles. The van der Waals surface area contributed by atoms with Gasteiger partial charge in [0.2, 0.25) is 15.8 Å². The molecule has 31 heavy (non-hydrogen) atoms. The molecule has 2 heterocycles. The maximum atomic E-state index is 11.6. The summed E-state index contributed by atoms with van der Waals surface area (Å²) in [5.41, 5.74) is 1.79. The lowest BCUT2D eigenvalue weighted by atomic mass is 10.2. The first kappa shape index (κ1) is 20.6. The van der Waals surface area contributed by atoms with E-state index in [1.165, 1.54) is 12.1 Å². The van der Waals surface area contributed by atoms with Gasteiger partial charge in [-0.05, 0) is 30.3 Å². The lowest BCUT2D eigenvalue weighted by molar-refractivity contribution is 0.293. The number of nitrogens with two attached hydrogens (primary N) is 1. The minimum absolute atomic E-state index is 0.0430. The van der Waals surface area contributed by atoms with Crippen LogP contribution in [0.1, 0.15) is 5.69 Å². The molecule has 0 unspecified atom stereocenters. The van der Waals surface area contributed by atoms with Crippen molar-refractivity contribution in [1.82, 2.24) is 19.9 Å². The Morgan fingerprint density at radius 3 is 2.68 bits per heavy atom. The summed E-state index contributed by atoms with van der Waals surface area (Å²) >= 11 is 0. The van der Waals surface area contributed by atoms with Crippen molar-refractivity contribution in [1.29, 1.82) is 0 Å². The highest BCUT2D eigenvalue weighted by atomic mass is 32.2. The number of methoxy groups -OCH3 is 1. The van der Waals surface area contributed by atoms with Gasteiger partial charge in [0.25, 0.3) is 5.89 Å². The zero-order valence-corrected chi connectivity index (χ0v) is 17.5. The van der Waals surface area contributed by atoms with Crippen LogP contribution in [0, 0.1) is 0 Å². The summed E-state index contributed by atoms with van der Waals surface area (Å²) in [4.78, 5) is 4.34. The zero-order valence-electron chi connectivity index (χ0n) is 16.7. The third-order valence-electron chi connectivity index (χ3n) is 4.55. The molecule has 0 saturated heterocycles. The van der Waals surface area contributed by atoms with E-state index in [-0.39, 0.29) is 17.4 Å². The molecule has 0 aliphatic carbocycles. The van der Waals surface area contributed by atoms with Crippen molar-refractivity contribution < 1.29 is 22.4 Å². The molecule has 2 N–H and O–H groups in total. The van der Waals surface area contributed by atoms with Crippen molar-refractivity contribution in [2.75, 3.05) is 7.11 Å². The minimum Gasteiger partial charge on any atom is -0.497 e. The van der Waals surface area contributed by atoms with E-state index in [0.717, 1.165) is 5.69 Å². The van der Waals surface area contributed by atoms with Crippen LogP contribution in [0.3, 0.4) is 0 Å². The molecule has 160 valence electrons. The summed E-state index contributed by atoms with van der Waals surface area (Å²) in [5, 5.41) is 13.5. The van der Waals surface area contributed by atoms with Gasteiger partial charge in [-0.1, -0.05) is 17.3 Å². The fourth-order valence-electron chi connectivity index (χ4n) is 2.92. The van der Waals surface area contributed by atoms with Gasteiger partial charge in [0.15, 0.2) is 0 Å². The summed E-state index contributed by atoms with van der Waals surface area (Å²) in [5.74, 6) is 1.78. The van der Waals surface area contributed by atoms with Crippen LogP contribution in [0.4, 0.5) is 0 Å². The van der Waals surface area contributed by atoms with E-state index < -0.39 is 10.0 Å². The van der Waals surface area contributed by atoms with E-state index in [2.05, 4.69) is 15.2 Å². The van der Waals surface area contributed by atoms with E-state index in [4.69, 9.17) is 19.1 Å². The lowest BCUT2D eigenvalue weighted by Gasteiger charge is -2.09. The highest BCUT2D eigenvalue weighted by Gasteiger charge is 2.19. The Hall–Kier alpha value is -3.70. The predicted molar refractivity (Wildman–Crippen MR) is 111 cm³/mol. The fourth-order valence-corrected chi connectivity index (χ4v) is 3.48. The summed E-state index contributed by atoms with van der Waals surface area (Å²) < 4.78 is 41.3. The molecule has 0 atom stereocenters. The van der Waals surface area contributed by atoms with Crippen LogP contribution in [0.2, 0.25) is 0 Å². The van der Waals surface area contributed by atoms with Gasteiger partial charge < -0.3 is 14.0 Å². The maximum absolute atomic E-state index is 11.6. The SMILES string of the molecule is COc1cccc(OCc2c(-c3noc(-c4cccc(S(N)(=O)=O)c4)n3)cnn2C)c1. The third kappa shape index (κ3) is 4.42. The second-order valence-corrected chi connectivity index (χ2v) is 8.15. The first-order valence-electron chi connectivity index (χ1n) is 9.10. The van der Waals surface area contributed by atoms with Crippen LogP contribution in [0.25, 0.3) is 22.8 Å². The van der Waals surface area contributed by atoms with Crippen LogP contribution in [-0.2, 0) is 23.7 Å². The molecular formula is C20H19N5O5S. The van der Waals surface area contributed by atoms with Crippen LogP contribution in [-0.4, -0.2) is 35.4 Å². The molecular weight excluding hydrogens is 422 g/mol. The molecule has 0 bridgehead atoms. The van der Waals surface area contributed by atoms with Crippen LogP contribution in [0.5, 0.6) is 11.5 Å². The van der Waals surface area contributed by atoms with Crippen molar-refractivity contribution in [2.24, 2.45) is 12.2 Å². The van der Waals surface area contributed by atoms with Crippen molar-refractivity contribution >= 4 is 10.0 Å². The molecule has 10 nitrogen and oxygen atoms in total. The van der Waals surface area contributed by atoms with Gasteiger partial charge in [0.05, 0.1) is 29.5 Å². The number of sulfonamides is 1. The number of ether oxygens (including phenoxy) is 2. The van der Waals surface area contributed by atoms with Gasteiger partial charge in [0, 0.05) is 18.7 Å². The number of primary sulfonamides is 1. The Morgan fingerprint density at radius 2 is 1.90 bits per heavy atom. The lowest BCUT2D eigenvalue weighted by Crippen LogP contribution is -2.11. The molecule has 2 aromatic heterocycles. The summed E-state index contributed by atoms with van der Waals surface area (Å²) in [6, 6.07) is 13.2. The molecule has 0 spiro atoms. The summed E-state index contributed by atoms with van der Waals surface area (Å²) in [6.07, 6.45) is 1.61. The van der Waals surface area contributed by atoms with Gasteiger partial charge in [-0.2, -0.15) is 10.1 Å². The average molecular weight is 441 g/mol. The van der Waals surface area contributed by atoms with Crippen molar-refractivity contribution in [3.63, 3.8) is 0 Å². The molecule has 0 aliphatic rings. The third-order valence-corrected chi connectivity index (χ3v) is 5.47. The highest BCUT2D eigenvalue weighted by molar-refractivity contribution is 7.89. The topological polar surface area (TPSA) is 135 Å². The maximum Gasteiger partial charge on any atom is 0.258 e. The zero-order chi connectivity index (χ0) is 22.0. The van der Waals surface area contributed by atoms with Gasteiger partial charge in [-0.15, -0.1) is 0 Å². The Labute approximate surface area is 178 Å². The number of benzene rings is 2. The molecule has 0 fully saturated rings. The fraction of sp³-hybridized carbons (Fsp3) is 0.150. The minimum atomic E-state index is -3.85. The van der Waals surface area contributed by atoms with E-state index in [9.17, 15) is 8.42 Å². The first-order valence-corrected chi connectivity index (χ1v) is 10.6. The quantitative estimate of drug-likeness (QED) is 0.462. The van der Waals surface area contributed by atoms with E-state index in [1.807, 2.05) is 18.2 Å².